The lowest BCUT2D eigenvalue weighted by Gasteiger charge is -2.32. The molecule has 6 nitrogen and oxygen atoms in total. The summed E-state index contributed by atoms with van der Waals surface area (Å²) in [5.74, 6) is -0.219. The fourth-order valence-electron chi connectivity index (χ4n) is 2.54. The highest BCUT2D eigenvalue weighted by molar-refractivity contribution is 7.15. The van der Waals surface area contributed by atoms with E-state index < -0.39 is 0 Å². The zero-order valence-corrected chi connectivity index (χ0v) is 12.0. The minimum absolute atomic E-state index is 0.151. The van der Waals surface area contributed by atoms with Crippen molar-refractivity contribution in [1.82, 2.24) is 19.6 Å². The predicted octanol–water partition coefficient (Wildman–Crippen LogP) is 0.580. The first kappa shape index (κ1) is 13.3. The number of nitrogens with one attached hydrogen (secondary N) is 1. The number of carbonyl (C=O) groups excluding carboxylic acids is 1. The molecule has 3 heterocycles. The fourth-order valence-corrected chi connectivity index (χ4v) is 3.21. The van der Waals surface area contributed by atoms with Crippen LogP contribution in [0.15, 0.2) is 22.6 Å². The van der Waals surface area contributed by atoms with Crippen LogP contribution in [0.25, 0.3) is 4.96 Å². The van der Waals surface area contributed by atoms with Gasteiger partial charge in [-0.1, -0.05) is 0 Å². The summed E-state index contributed by atoms with van der Waals surface area (Å²) in [5, 5.41) is 4.98. The predicted molar refractivity (Wildman–Crippen MR) is 77.3 cm³/mol. The van der Waals surface area contributed by atoms with Crippen LogP contribution in [0, 0.1) is 0 Å². The van der Waals surface area contributed by atoms with Crippen LogP contribution in [-0.4, -0.2) is 46.4 Å². The van der Waals surface area contributed by atoms with Crippen molar-refractivity contribution in [3.8, 4) is 0 Å². The first-order valence-electron chi connectivity index (χ1n) is 6.62. The Bertz CT molecular complexity index is 693. The number of carbonyl (C=O) groups is 1. The first-order chi connectivity index (χ1) is 9.70. The molecule has 1 aliphatic rings. The molecule has 1 saturated heterocycles. The fraction of sp³-hybridized carbons (Fsp3) is 0.462. The average molecular weight is 292 g/mol. The van der Waals surface area contributed by atoms with Crippen LogP contribution >= 0.6 is 11.3 Å². The van der Waals surface area contributed by atoms with E-state index in [-0.39, 0.29) is 17.0 Å². The Morgan fingerprint density at radius 3 is 3.20 bits per heavy atom. The molecule has 0 aromatic carbocycles. The maximum atomic E-state index is 12.5. The van der Waals surface area contributed by atoms with Gasteiger partial charge in [0.1, 0.15) is 5.56 Å². The average Bonchev–Trinajstić information content (AvgIpc) is 2.96. The molecule has 7 heteroatoms. The van der Waals surface area contributed by atoms with Crippen LogP contribution in [0.2, 0.25) is 0 Å². The lowest BCUT2D eigenvalue weighted by molar-refractivity contribution is 0.0696. The molecule has 3 rings (SSSR count). The summed E-state index contributed by atoms with van der Waals surface area (Å²) in [6, 6.07) is 0.299. The lowest BCUT2D eigenvalue weighted by atomic mass is 10.1. The number of likely N-dealkylation sites (N-methyl/N-ethyl adjacent to an activating group) is 1. The molecule has 1 fully saturated rings. The molecule has 0 saturated carbocycles. The number of aromatic nitrogens is 2. The molecule has 20 heavy (non-hydrogen) atoms. The van der Waals surface area contributed by atoms with E-state index in [4.69, 9.17) is 0 Å². The smallest absolute Gasteiger partial charge is 0.271 e. The van der Waals surface area contributed by atoms with Gasteiger partial charge in [0.2, 0.25) is 0 Å². The Morgan fingerprint density at radius 2 is 2.40 bits per heavy atom. The molecule has 0 spiro atoms. The van der Waals surface area contributed by atoms with Gasteiger partial charge in [0.05, 0.1) is 0 Å². The summed E-state index contributed by atoms with van der Waals surface area (Å²) in [6.45, 7) is 1.34. The monoisotopic (exact) mass is 292 g/mol. The number of likely N-dealkylation sites (tertiary alicyclic amines) is 1. The molecule has 106 valence electrons. The van der Waals surface area contributed by atoms with Gasteiger partial charge in [-0.2, -0.15) is 0 Å². The van der Waals surface area contributed by atoms with Crippen LogP contribution in [0.3, 0.4) is 0 Å². The molecular formula is C13H16N4O2S. The first-order valence-corrected chi connectivity index (χ1v) is 7.50. The van der Waals surface area contributed by atoms with E-state index in [1.165, 1.54) is 21.9 Å². The number of piperidine rings is 1. The Balaban J connectivity index is 1.92. The topological polar surface area (TPSA) is 66.7 Å². The van der Waals surface area contributed by atoms with Gasteiger partial charge in [-0.3, -0.25) is 14.0 Å². The van der Waals surface area contributed by atoms with Crippen molar-refractivity contribution in [3.05, 3.63) is 33.7 Å². The van der Waals surface area contributed by atoms with Crippen molar-refractivity contribution in [1.29, 1.82) is 0 Å². The van der Waals surface area contributed by atoms with Crippen molar-refractivity contribution in [2.75, 3.05) is 20.1 Å². The molecule has 2 aromatic rings. The standard InChI is InChI=1S/C13H16N4O2S/c1-14-9-3-2-4-16(8-9)11(18)10-7-15-13-17(12(10)19)5-6-20-13/h5-7,9,14H,2-4,8H2,1H3. The van der Waals surface area contributed by atoms with Gasteiger partial charge < -0.3 is 10.2 Å². The van der Waals surface area contributed by atoms with Crippen LogP contribution in [-0.2, 0) is 0 Å². The summed E-state index contributed by atoms with van der Waals surface area (Å²) in [7, 11) is 1.90. The van der Waals surface area contributed by atoms with Gasteiger partial charge in [-0.15, -0.1) is 11.3 Å². The maximum absolute atomic E-state index is 12.5. The Hall–Kier alpha value is -1.73. The SMILES string of the molecule is CNC1CCCN(C(=O)c2cnc3sccn3c2=O)C1. The summed E-state index contributed by atoms with van der Waals surface area (Å²) in [4.78, 5) is 31.3. The van der Waals surface area contributed by atoms with Gasteiger partial charge in [-0.05, 0) is 19.9 Å². The summed E-state index contributed by atoms with van der Waals surface area (Å²) in [5.41, 5.74) is -0.134. The highest BCUT2D eigenvalue weighted by Crippen LogP contribution is 2.13. The zero-order valence-electron chi connectivity index (χ0n) is 11.2. The van der Waals surface area contributed by atoms with Crippen LogP contribution in [0.1, 0.15) is 23.2 Å². The second-order valence-electron chi connectivity index (χ2n) is 4.91. The van der Waals surface area contributed by atoms with E-state index >= 15 is 0 Å². The van der Waals surface area contributed by atoms with E-state index in [1.807, 2.05) is 7.05 Å². The van der Waals surface area contributed by atoms with Crippen molar-refractivity contribution < 1.29 is 4.79 Å². The lowest BCUT2D eigenvalue weighted by Crippen LogP contribution is -2.48. The van der Waals surface area contributed by atoms with Crippen molar-refractivity contribution in [2.24, 2.45) is 0 Å². The van der Waals surface area contributed by atoms with E-state index in [9.17, 15) is 9.59 Å². The molecule has 1 aliphatic heterocycles. The minimum atomic E-state index is -0.284. The maximum Gasteiger partial charge on any atom is 0.271 e. The van der Waals surface area contributed by atoms with E-state index in [0.29, 0.717) is 24.1 Å². The second-order valence-corrected chi connectivity index (χ2v) is 5.78. The van der Waals surface area contributed by atoms with Gasteiger partial charge in [-0.25, -0.2) is 4.98 Å². The highest BCUT2D eigenvalue weighted by Gasteiger charge is 2.25. The molecule has 1 unspecified atom stereocenters. The molecule has 0 aliphatic carbocycles. The summed E-state index contributed by atoms with van der Waals surface area (Å²) in [6.07, 6.45) is 5.06. The van der Waals surface area contributed by atoms with E-state index in [0.717, 1.165) is 12.8 Å². The third-order valence-corrected chi connectivity index (χ3v) is 4.46. The Kier molecular flexibility index (Phi) is 3.54. The van der Waals surface area contributed by atoms with Gasteiger partial charge in [0.25, 0.3) is 11.5 Å². The van der Waals surface area contributed by atoms with Gasteiger partial charge in [0, 0.05) is 36.9 Å². The third-order valence-electron chi connectivity index (χ3n) is 3.69. The summed E-state index contributed by atoms with van der Waals surface area (Å²) >= 11 is 1.38. The van der Waals surface area contributed by atoms with E-state index in [1.54, 1.807) is 16.5 Å². The van der Waals surface area contributed by atoms with Crippen molar-refractivity contribution in [3.63, 3.8) is 0 Å². The third kappa shape index (κ3) is 2.23. The Morgan fingerprint density at radius 1 is 1.55 bits per heavy atom. The van der Waals surface area contributed by atoms with Crippen LogP contribution in [0.4, 0.5) is 0 Å². The van der Waals surface area contributed by atoms with Crippen molar-refractivity contribution >= 4 is 22.2 Å². The van der Waals surface area contributed by atoms with E-state index in [2.05, 4.69) is 10.3 Å². The second kappa shape index (κ2) is 5.34. The number of nitrogens with zero attached hydrogens (tertiary/aromatic N) is 3. The van der Waals surface area contributed by atoms with Crippen molar-refractivity contribution in [2.45, 2.75) is 18.9 Å². The quantitative estimate of drug-likeness (QED) is 0.879. The number of thiazole rings is 1. The number of hydrogen-bond acceptors (Lipinski definition) is 5. The summed E-state index contributed by atoms with van der Waals surface area (Å²) < 4.78 is 1.43. The molecule has 1 atom stereocenters. The Labute approximate surface area is 120 Å². The molecular weight excluding hydrogens is 276 g/mol. The molecule has 0 bridgehead atoms. The number of fused-ring (bicyclic) bond motifs is 1. The van der Waals surface area contributed by atoms with Gasteiger partial charge in [0.15, 0.2) is 4.96 Å². The largest absolute Gasteiger partial charge is 0.337 e. The number of amides is 1. The number of rotatable bonds is 2. The van der Waals surface area contributed by atoms with Crippen LogP contribution < -0.4 is 10.9 Å². The zero-order chi connectivity index (χ0) is 14.1. The van der Waals surface area contributed by atoms with Crippen LogP contribution in [0.5, 0.6) is 0 Å². The van der Waals surface area contributed by atoms with Gasteiger partial charge >= 0.3 is 0 Å². The normalized spacial score (nSPS) is 19.4. The molecule has 0 radical (unpaired) electrons. The minimum Gasteiger partial charge on any atom is -0.337 e. The molecule has 2 aromatic heterocycles. The molecule has 1 amide bonds. The highest BCUT2D eigenvalue weighted by atomic mass is 32.1. The molecule has 1 N–H and O–H groups in total. The number of hydrogen-bond donors (Lipinski definition) is 1.